The molecule has 22 heavy (non-hydrogen) atoms. The van der Waals surface area contributed by atoms with Gasteiger partial charge in [0.25, 0.3) is 5.91 Å². The van der Waals surface area contributed by atoms with Crippen molar-refractivity contribution in [2.45, 2.75) is 6.92 Å². The number of rotatable bonds is 4. The molecule has 0 saturated heterocycles. The SMILES string of the molecule is COc1ccc(C(=O)Nc2cccc(NC(C)=O)c2)cc1Cl. The van der Waals surface area contributed by atoms with Crippen molar-refractivity contribution >= 4 is 34.8 Å². The predicted molar refractivity (Wildman–Crippen MR) is 86.7 cm³/mol. The first kappa shape index (κ1) is 15.9. The Balaban J connectivity index is 2.15. The highest BCUT2D eigenvalue weighted by Crippen LogP contribution is 2.25. The van der Waals surface area contributed by atoms with Crippen molar-refractivity contribution < 1.29 is 14.3 Å². The number of ether oxygens (including phenoxy) is 1. The van der Waals surface area contributed by atoms with Crippen LogP contribution in [0.5, 0.6) is 5.75 Å². The molecule has 2 amide bonds. The van der Waals surface area contributed by atoms with Crippen LogP contribution in [0.25, 0.3) is 0 Å². The van der Waals surface area contributed by atoms with E-state index in [1.807, 2.05) is 0 Å². The van der Waals surface area contributed by atoms with E-state index < -0.39 is 0 Å². The van der Waals surface area contributed by atoms with Crippen LogP contribution in [0.2, 0.25) is 5.02 Å². The third-order valence-corrected chi connectivity index (χ3v) is 3.15. The smallest absolute Gasteiger partial charge is 0.255 e. The molecule has 114 valence electrons. The quantitative estimate of drug-likeness (QED) is 0.905. The molecule has 5 nitrogen and oxygen atoms in total. The van der Waals surface area contributed by atoms with Gasteiger partial charge in [0.1, 0.15) is 5.75 Å². The van der Waals surface area contributed by atoms with Crippen LogP contribution in [0.15, 0.2) is 42.5 Å². The number of benzene rings is 2. The number of hydrogen-bond acceptors (Lipinski definition) is 3. The zero-order chi connectivity index (χ0) is 16.1. The van der Waals surface area contributed by atoms with Crippen LogP contribution in [0, 0.1) is 0 Å². The summed E-state index contributed by atoms with van der Waals surface area (Å²) in [5.41, 5.74) is 1.59. The monoisotopic (exact) mass is 318 g/mol. The summed E-state index contributed by atoms with van der Waals surface area (Å²) in [6, 6.07) is 11.7. The first-order chi connectivity index (χ1) is 10.5. The zero-order valence-electron chi connectivity index (χ0n) is 12.1. The molecule has 0 aliphatic heterocycles. The van der Waals surface area contributed by atoms with E-state index in [2.05, 4.69) is 10.6 Å². The molecule has 2 rings (SSSR count). The molecule has 2 N–H and O–H groups in total. The van der Waals surface area contributed by atoms with Gasteiger partial charge in [-0.2, -0.15) is 0 Å². The molecule has 0 aliphatic rings. The number of carbonyl (C=O) groups excluding carboxylic acids is 2. The van der Waals surface area contributed by atoms with Gasteiger partial charge in [0.2, 0.25) is 5.91 Å². The molecule has 0 saturated carbocycles. The Morgan fingerprint density at radius 2 is 1.73 bits per heavy atom. The molecule has 0 atom stereocenters. The molecule has 0 spiro atoms. The summed E-state index contributed by atoms with van der Waals surface area (Å²) in [5, 5.41) is 5.76. The summed E-state index contributed by atoms with van der Waals surface area (Å²) in [4.78, 5) is 23.2. The fraction of sp³-hybridized carbons (Fsp3) is 0.125. The fourth-order valence-electron chi connectivity index (χ4n) is 1.89. The lowest BCUT2D eigenvalue weighted by atomic mass is 10.2. The normalized spacial score (nSPS) is 9.95. The molecule has 0 bridgehead atoms. The molecule has 0 aromatic heterocycles. The van der Waals surface area contributed by atoms with Crippen LogP contribution in [0.3, 0.4) is 0 Å². The van der Waals surface area contributed by atoms with E-state index in [9.17, 15) is 9.59 Å². The molecule has 2 aromatic rings. The van der Waals surface area contributed by atoms with Crippen LogP contribution >= 0.6 is 11.6 Å². The second kappa shape index (κ2) is 6.95. The van der Waals surface area contributed by atoms with Crippen LogP contribution in [-0.2, 0) is 4.79 Å². The average molecular weight is 319 g/mol. The molecule has 2 aromatic carbocycles. The van der Waals surface area contributed by atoms with E-state index >= 15 is 0 Å². The summed E-state index contributed by atoms with van der Waals surface area (Å²) in [7, 11) is 1.51. The van der Waals surface area contributed by atoms with Gasteiger partial charge in [-0.25, -0.2) is 0 Å². The Labute approximate surface area is 133 Å². The molecule has 6 heteroatoms. The van der Waals surface area contributed by atoms with Gasteiger partial charge in [-0.1, -0.05) is 17.7 Å². The molecule has 0 heterocycles. The van der Waals surface area contributed by atoms with Crippen molar-refractivity contribution in [3.63, 3.8) is 0 Å². The van der Waals surface area contributed by atoms with Gasteiger partial charge in [-0.3, -0.25) is 9.59 Å². The summed E-state index contributed by atoms with van der Waals surface area (Å²) in [6.07, 6.45) is 0. The number of amides is 2. The maximum Gasteiger partial charge on any atom is 0.255 e. The molecule has 0 fully saturated rings. The minimum absolute atomic E-state index is 0.176. The van der Waals surface area contributed by atoms with E-state index in [0.29, 0.717) is 27.7 Å². The van der Waals surface area contributed by atoms with E-state index in [1.54, 1.807) is 36.4 Å². The third kappa shape index (κ3) is 3.99. The Bertz CT molecular complexity index is 716. The second-order valence-electron chi connectivity index (χ2n) is 4.57. The average Bonchev–Trinajstić information content (AvgIpc) is 2.46. The fourth-order valence-corrected chi connectivity index (χ4v) is 2.15. The lowest BCUT2D eigenvalue weighted by Crippen LogP contribution is -2.12. The van der Waals surface area contributed by atoms with Gasteiger partial charge >= 0.3 is 0 Å². The minimum atomic E-state index is -0.301. The highest BCUT2D eigenvalue weighted by atomic mass is 35.5. The second-order valence-corrected chi connectivity index (χ2v) is 4.97. The predicted octanol–water partition coefficient (Wildman–Crippen LogP) is 3.56. The number of halogens is 1. The molecular weight excluding hydrogens is 304 g/mol. The highest BCUT2D eigenvalue weighted by Gasteiger charge is 2.10. The van der Waals surface area contributed by atoms with Crippen LogP contribution in [0.1, 0.15) is 17.3 Å². The number of nitrogens with one attached hydrogen (secondary N) is 2. The molecule has 0 aliphatic carbocycles. The standard InChI is InChI=1S/C16H15ClN2O3/c1-10(20)18-12-4-3-5-13(9-12)19-16(21)11-6-7-15(22-2)14(17)8-11/h3-9H,1-2H3,(H,18,20)(H,19,21). The Kier molecular flexibility index (Phi) is 5.01. The summed E-state index contributed by atoms with van der Waals surface area (Å²) >= 11 is 6.01. The van der Waals surface area contributed by atoms with Crippen molar-refractivity contribution in [1.82, 2.24) is 0 Å². The summed E-state index contributed by atoms with van der Waals surface area (Å²) in [6.45, 7) is 1.42. The molecular formula is C16H15ClN2O3. The van der Waals surface area contributed by atoms with Gasteiger partial charge in [0.15, 0.2) is 0 Å². The summed E-state index contributed by atoms with van der Waals surface area (Å²) in [5.74, 6) is 0.0285. The van der Waals surface area contributed by atoms with Crippen molar-refractivity contribution in [2.75, 3.05) is 17.7 Å². The van der Waals surface area contributed by atoms with Gasteiger partial charge in [-0.05, 0) is 36.4 Å². The Morgan fingerprint density at radius 1 is 1.05 bits per heavy atom. The number of anilines is 2. The van der Waals surface area contributed by atoms with Crippen LogP contribution in [0.4, 0.5) is 11.4 Å². The molecule has 0 radical (unpaired) electrons. The van der Waals surface area contributed by atoms with E-state index in [-0.39, 0.29) is 11.8 Å². The van der Waals surface area contributed by atoms with Crippen LogP contribution < -0.4 is 15.4 Å². The van der Waals surface area contributed by atoms with E-state index in [0.717, 1.165) is 0 Å². The molecule has 0 unspecified atom stereocenters. The first-order valence-corrected chi connectivity index (χ1v) is 6.90. The Morgan fingerprint density at radius 3 is 2.32 bits per heavy atom. The number of carbonyl (C=O) groups is 2. The summed E-state index contributed by atoms with van der Waals surface area (Å²) < 4.78 is 5.05. The van der Waals surface area contributed by atoms with E-state index in [1.165, 1.54) is 20.1 Å². The highest BCUT2D eigenvalue weighted by molar-refractivity contribution is 6.32. The number of methoxy groups -OCH3 is 1. The van der Waals surface area contributed by atoms with Gasteiger partial charge < -0.3 is 15.4 Å². The lowest BCUT2D eigenvalue weighted by molar-refractivity contribution is -0.114. The van der Waals surface area contributed by atoms with Crippen molar-refractivity contribution in [1.29, 1.82) is 0 Å². The maximum atomic E-state index is 12.2. The van der Waals surface area contributed by atoms with Gasteiger partial charge in [0.05, 0.1) is 12.1 Å². The van der Waals surface area contributed by atoms with Crippen molar-refractivity contribution in [2.24, 2.45) is 0 Å². The largest absolute Gasteiger partial charge is 0.495 e. The van der Waals surface area contributed by atoms with E-state index in [4.69, 9.17) is 16.3 Å². The minimum Gasteiger partial charge on any atom is -0.495 e. The zero-order valence-corrected chi connectivity index (χ0v) is 12.9. The van der Waals surface area contributed by atoms with Crippen molar-refractivity contribution in [3.05, 3.63) is 53.1 Å². The topological polar surface area (TPSA) is 67.4 Å². The Hall–Kier alpha value is -2.53. The lowest BCUT2D eigenvalue weighted by Gasteiger charge is -2.09. The van der Waals surface area contributed by atoms with Crippen LogP contribution in [-0.4, -0.2) is 18.9 Å². The van der Waals surface area contributed by atoms with Gasteiger partial charge in [0, 0.05) is 23.9 Å². The van der Waals surface area contributed by atoms with Gasteiger partial charge in [-0.15, -0.1) is 0 Å². The third-order valence-electron chi connectivity index (χ3n) is 2.85. The first-order valence-electron chi connectivity index (χ1n) is 6.52. The maximum absolute atomic E-state index is 12.2. The number of hydrogen-bond donors (Lipinski definition) is 2. The van der Waals surface area contributed by atoms with Crippen molar-refractivity contribution in [3.8, 4) is 5.75 Å².